The third kappa shape index (κ3) is 5.56. The fourth-order valence-corrected chi connectivity index (χ4v) is 3.72. The molecule has 0 radical (unpaired) electrons. The van der Waals surface area contributed by atoms with E-state index in [0.29, 0.717) is 11.8 Å². The first-order chi connectivity index (χ1) is 17.4. The van der Waals surface area contributed by atoms with Crippen molar-refractivity contribution in [3.8, 4) is 23.4 Å². The van der Waals surface area contributed by atoms with Crippen LogP contribution in [0.1, 0.15) is 21.5 Å². The van der Waals surface area contributed by atoms with Crippen molar-refractivity contribution in [2.75, 3.05) is 0 Å². The molecular weight excluding hydrogens is 495 g/mol. The van der Waals surface area contributed by atoms with Crippen LogP contribution in [-0.2, 0) is 6.61 Å². The number of pyridine rings is 2. The van der Waals surface area contributed by atoms with Gasteiger partial charge in [-0.25, -0.2) is 14.2 Å². The number of rotatable bonds is 8. The number of carboxylic acid groups (broad SMARTS) is 1. The molecule has 0 saturated heterocycles. The Hall–Kier alpha value is -4.56. The lowest BCUT2D eigenvalue weighted by molar-refractivity contribution is 0.0696. The predicted octanol–water partition coefficient (Wildman–Crippen LogP) is 5.99. The van der Waals surface area contributed by atoms with Crippen LogP contribution in [0.3, 0.4) is 0 Å². The third-order valence-electron chi connectivity index (χ3n) is 4.67. The lowest BCUT2D eigenvalue weighted by Gasteiger charge is -2.14. The van der Waals surface area contributed by atoms with E-state index in [4.69, 9.17) is 14.6 Å². The van der Waals surface area contributed by atoms with Gasteiger partial charge in [0.2, 0.25) is 5.82 Å². The molecule has 4 rings (SSSR count). The molecule has 2 aromatic carbocycles. The van der Waals surface area contributed by atoms with Gasteiger partial charge in [-0.15, -0.1) is 0 Å². The Morgan fingerprint density at radius 2 is 1.81 bits per heavy atom. The molecule has 0 aliphatic heterocycles. The van der Waals surface area contributed by atoms with Gasteiger partial charge in [-0.2, -0.15) is 19.0 Å². The summed E-state index contributed by atoms with van der Waals surface area (Å²) in [6.45, 7) is 0.121. The number of nitriles is 1. The summed E-state index contributed by atoms with van der Waals surface area (Å²) < 4.78 is 55.1. The lowest BCUT2D eigenvalue weighted by atomic mass is 10.2. The van der Waals surface area contributed by atoms with Crippen molar-refractivity contribution in [1.82, 2.24) is 9.97 Å². The smallest absolute Gasteiger partial charge is 0.337 e. The van der Waals surface area contributed by atoms with Gasteiger partial charge in [0, 0.05) is 12.3 Å². The van der Waals surface area contributed by atoms with Crippen LogP contribution < -0.4 is 9.47 Å². The van der Waals surface area contributed by atoms with Gasteiger partial charge < -0.3 is 14.6 Å². The second-order valence-electron chi connectivity index (χ2n) is 7.11. The molecule has 180 valence electrons. The van der Waals surface area contributed by atoms with Crippen LogP contribution in [0.5, 0.6) is 17.4 Å². The molecule has 0 aliphatic carbocycles. The summed E-state index contributed by atoms with van der Waals surface area (Å²) in [5.41, 5.74) is 0.841. The number of benzene rings is 2. The van der Waals surface area contributed by atoms with E-state index in [1.54, 1.807) is 0 Å². The van der Waals surface area contributed by atoms with Gasteiger partial charge in [-0.05, 0) is 29.8 Å². The maximum Gasteiger partial charge on any atom is 0.337 e. The summed E-state index contributed by atoms with van der Waals surface area (Å²) in [7, 11) is 0. The van der Waals surface area contributed by atoms with E-state index in [2.05, 4.69) is 9.97 Å². The second-order valence-corrected chi connectivity index (χ2v) is 8.14. The highest BCUT2D eigenvalue weighted by molar-refractivity contribution is 7.99. The number of aromatic carboxylic acids is 1. The first-order valence-electron chi connectivity index (χ1n) is 10.2. The molecule has 4 aromatic rings. The maximum absolute atomic E-state index is 15.2. The molecule has 0 unspecified atom stereocenters. The predicted molar refractivity (Wildman–Crippen MR) is 121 cm³/mol. The average molecular weight is 509 g/mol. The summed E-state index contributed by atoms with van der Waals surface area (Å²) in [4.78, 5) is 17.2. The van der Waals surface area contributed by atoms with Crippen molar-refractivity contribution in [2.45, 2.75) is 16.5 Å². The molecular formula is C25H14F3N3O4S. The van der Waals surface area contributed by atoms with Crippen molar-refractivity contribution < 1.29 is 32.5 Å². The number of carbonyl (C=O) groups is 1. The van der Waals surface area contributed by atoms with Gasteiger partial charge in [-0.1, -0.05) is 42.1 Å². The second kappa shape index (κ2) is 10.8. The molecule has 36 heavy (non-hydrogen) atoms. The van der Waals surface area contributed by atoms with Gasteiger partial charge >= 0.3 is 5.97 Å². The zero-order valence-electron chi connectivity index (χ0n) is 18.1. The Balaban J connectivity index is 1.65. The molecule has 0 amide bonds. The van der Waals surface area contributed by atoms with Gasteiger partial charge in [0.25, 0.3) is 11.8 Å². The Kier molecular flexibility index (Phi) is 7.36. The van der Waals surface area contributed by atoms with Crippen LogP contribution in [-0.4, -0.2) is 21.0 Å². The first-order valence-corrected chi connectivity index (χ1v) is 11.0. The van der Waals surface area contributed by atoms with Crippen LogP contribution in [0.15, 0.2) is 76.8 Å². The van der Waals surface area contributed by atoms with Gasteiger partial charge in [0.05, 0.1) is 22.1 Å². The van der Waals surface area contributed by atoms with Gasteiger partial charge in [0.1, 0.15) is 11.6 Å². The van der Waals surface area contributed by atoms with Gasteiger partial charge in [-0.3, -0.25) is 0 Å². The summed E-state index contributed by atoms with van der Waals surface area (Å²) in [6, 6.07) is 17.6. The van der Waals surface area contributed by atoms with Crippen molar-refractivity contribution in [3.05, 3.63) is 101 Å². The van der Waals surface area contributed by atoms with E-state index in [-0.39, 0.29) is 34.3 Å². The molecule has 0 bridgehead atoms. The topological polar surface area (TPSA) is 105 Å². The maximum atomic E-state index is 15.2. The molecule has 1 N–H and O–H groups in total. The van der Waals surface area contributed by atoms with Crippen molar-refractivity contribution in [2.24, 2.45) is 0 Å². The first kappa shape index (κ1) is 24.6. The van der Waals surface area contributed by atoms with Crippen molar-refractivity contribution in [1.29, 1.82) is 5.26 Å². The molecule has 0 spiro atoms. The zero-order chi connectivity index (χ0) is 25.7. The highest BCUT2D eigenvalue weighted by atomic mass is 32.2. The molecule has 0 fully saturated rings. The summed E-state index contributed by atoms with van der Waals surface area (Å²) in [5, 5.41) is 18.2. The minimum absolute atomic E-state index is 0.00714. The summed E-state index contributed by atoms with van der Waals surface area (Å²) in [5.74, 6) is -6.66. The number of carboxylic acids is 1. The zero-order valence-corrected chi connectivity index (χ0v) is 18.9. The number of nitrogens with zero attached hydrogens (tertiary/aromatic N) is 3. The largest absolute Gasteiger partial charge is 0.485 e. The number of halogens is 3. The molecule has 0 saturated carbocycles. The van der Waals surface area contributed by atoms with E-state index in [9.17, 15) is 18.8 Å². The SMILES string of the molecule is N#Cc1ccc(OCc2ccccc2)c(Oc2nc(F)c(F)c(Sc3ccc(C(=O)O)cn3)c2F)c1. The third-order valence-corrected chi connectivity index (χ3v) is 5.69. The van der Waals surface area contributed by atoms with Gasteiger partial charge in [0.15, 0.2) is 17.3 Å². The monoisotopic (exact) mass is 509 g/mol. The number of ether oxygens (including phenoxy) is 2. The average Bonchev–Trinajstić information content (AvgIpc) is 2.89. The fourth-order valence-electron chi connectivity index (χ4n) is 2.92. The molecule has 7 nitrogen and oxygen atoms in total. The Bertz CT molecular complexity index is 1460. The highest BCUT2D eigenvalue weighted by Crippen LogP contribution is 2.39. The van der Waals surface area contributed by atoms with E-state index < -0.39 is 34.3 Å². The highest BCUT2D eigenvalue weighted by Gasteiger charge is 2.24. The molecule has 11 heteroatoms. The van der Waals surface area contributed by atoms with Crippen molar-refractivity contribution >= 4 is 17.7 Å². The van der Waals surface area contributed by atoms with Crippen LogP contribution >= 0.6 is 11.8 Å². The molecule has 2 heterocycles. The number of aromatic nitrogens is 2. The standard InChI is InChI=1S/C25H14F3N3O4S/c26-20-22(36-19-9-7-16(12-30-19)25(32)33)21(27)24(31-23(20)28)35-18-10-15(11-29)6-8-17(18)34-13-14-4-2-1-3-5-14/h1-10,12H,13H2,(H,32,33). The van der Waals surface area contributed by atoms with Crippen LogP contribution in [0, 0.1) is 28.9 Å². The summed E-state index contributed by atoms with van der Waals surface area (Å²) >= 11 is 0.422. The van der Waals surface area contributed by atoms with E-state index in [1.165, 1.54) is 30.3 Å². The normalized spacial score (nSPS) is 10.5. The lowest BCUT2D eigenvalue weighted by Crippen LogP contribution is -2.04. The Morgan fingerprint density at radius 1 is 1.03 bits per heavy atom. The Labute approximate surface area is 206 Å². The van der Waals surface area contributed by atoms with Crippen LogP contribution in [0.2, 0.25) is 0 Å². The van der Waals surface area contributed by atoms with E-state index >= 15 is 4.39 Å². The fraction of sp³-hybridized carbons (Fsp3) is 0.0400. The van der Waals surface area contributed by atoms with Crippen LogP contribution in [0.25, 0.3) is 0 Å². The molecule has 2 aromatic heterocycles. The minimum atomic E-state index is -1.63. The van der Waals surface area contributed by atoms with E-state index in [0.717, 1.165) is 11.8 Å². The Morgan fingerprint density at radius 3 is 2.47 bits per heavy atom. The summed E-state index contributed by atoms with van der Waals surface area (Å²) in [6.07, 6.45) is 0.999. The van der Waals surface area contributed by atoms with Crippen molar-refractivity contribution in [3.63, 3.8) is 0 Å². The molecule has 0 aliphatic rings. The van der Waals surface area contributed by atoms with E-state index in [1.807, 2.05) is 36.4 Å². The van der Waals surface area contributed by atoms with Crippen LogP contribution in [0.4, 0.5) is 13.2 Å². The number of hydrogen-bond acceptors (Lipinski definition) is 7. The minimum Gasteiger partial charge on any atom is -0.485 e. The number of hydrogen-bond donors (Lipinski definition) is 1. The quantitative estimate of drug-likeness (QED) is 0.289. The molecule has 0 atom stereocenters.